The van der Waals surface area contributed by atoms with Gasteiger partial charge in [-0.25, -0.2) is 0 Å². The molecule has 0 amide bonds. The first-order chi connectivity index (χ1) is 19.1. The highest BCUT2D eigenvalue weighted by Crippen LogP contribution is 2.35. The van der Waals surface area contributed by atoms with Crippen molar-refractivity contribution in [3.63, 3.8) is 0 Å². The van der Waals surface area contributed by atoms with E-state index in [2.05, 4.69) is 52.5 Å². The van der Waals surface area contributed by atoms with Crippen LogP contribution in [0.25, 0.3) is 0 Å². The van der Waals surface area contributed by atoms with Crippen molar-refractivity contribution in [1.29, 1.82) is 0 Å². The second kappa shape index (κ2) is 16.0. The van der Waals surface area contributed by atoms with Crippen molar-refractivity contribution in [2.75, 3.05) is 0 Å². The molecule has 1 heterocycles. The fraction of sp³-hybridized carbons (Fsp3) is 0.517. The van der Waals surface area contributed by atoms with Crippen LogP contribution in [0.3, 0.4) is 0 Å². The lowest BCUT2D eigenvalue weighted by Gasteiger charge is -2.31. The van der Waals surface area contributed by atoms with Gasteiger partial charge in [-0.2, -0.15) is 0 Å². The first kappa shape index (κ1) is 31.9. The van der Waals surface area contributed by atoms with Gasteiger partial charge in [0, 0.05) is 29.2 Å². The minimum absolute atomic E-state index is 0.0481. The number of rotatable bonds is 16. The molecule has 1 aromatic rings. The van der Waals surface area contributed by atoms with Crippen molar-refractivity contribution < 1.29 is 35.1 Å². The van der Waals surface area contributed by atoms with Crippen LogP contribution in [0.1, 0.15) is 73.6 Å². The molecule has 220 valence electrons. The van der Waals surface area contributed by atoms with Crippen LogP contribution in [-0.2, 0) is 9.59 Å². The zero-order valence-corrected chi connectivity index (χ0v) is 23.2. The zero-order chi connectivity index (χ0) is 29.1. The molecule has 10 nitrogen and oxygen atoms in total. The van der Waals surface area contributed by atoms with E-state index in [1.807, 2.05) is 12.2 Å². The van der Waals surface area contributed by atoms with Crippen LogP contribution in [0, 0.1) is 0 Å². The molecule has 11 heteroatoms. The highest BCUT2D eigenvalue weighted by Gasteiger charge is 2.28. The normalized spacial score (nSPS) is 22.6. The highest BCUT2D eigenvalue weighted by molar-refractivity contribution is 7.10. The lowest BCUT2D eigenvalue weighted by Crippen LogP contribution is -2.58. The number of nitrogens with two attached hydrogens (primary N) is 1. The van der Waals surface area contributed by atoms with Gasteiger partial charge < -0.3 is 31.3 Å². The molecule has 0 spiro atoms. The molecule has 0 saturated carbocycles. The SMILES string of the molecule is NC(O)C(CC(=O)O)NC(O)C(CCC(=O)O)NC(O)CCC1=CC=CC(c2cc(C3C=CCCC3)cs2)C=C1. The maximum absolute atomic E-state index is 11.1. The summed E-state index contributed by atoms with van der Waals surface area (Å²) < 4.78 is 0. The minimum atomic E-state index is -1.56. The Balaban J connectivity index is 1.54. The van der Waals surface area contributed by atoms with Crippen LogP contribution in [0.2, 0.25) is 0 Å². The molecule has 0 radical (unpaired) electrons. The molecule has 7 unspecified atom stereocenters. The van der Waals surface area contributed by atoms with Crippen LogP contribution in [0.4, 0.5) is 0 Å². The Morgan fingerprint density at radius 1 is 1.05 bits per heavy atom. The van der Waals surface area contributed by atoms with Crippen molar-refractivity contribution in [2.24, 2.45) is 5.73 Å². The van der Waals surface area contributed by atoms with Crippen LogP contribution in [0.15, 0.2) is 59.6 Å². The van der Waals surface area contributed by atoms with Gasteiger partial charge in [0.05, 0.1) is 12.5 Å². The van der Waals surface area contributed by atoms with Gasteiger partial charge in [0.2, 0.25) is 0 Å². The number of carbonyl (C=O) groups is 2. The smallest absolute Gasteiger partial charge is 0.305 e. The third-order valence-electron chi connectivity index (χ3n) is 7.15. The average molecular weight is 576 g/mol. The zero-order valence-electron chi connectivity index (χ0n) is 22.4. The predicted molar refractivity (Wildman–Crippen MR) is 154 cm³/mol. The van der Waals surface area contributed by atoms with E-state index in [0.29, 0.717) is 18.8 Å². The number of aliphatic hydroxyl groups excluding tert-OH is 3. The van der Waals surface area contributed by atoms with E-state index in [-0.39, 0.29) is 18.8 Å². The quantitative estimate of drug-likeness (QED) is 0.108. The number of carboxylic acid groups (broad SMARTS) is 2. The maximum atomic E-state index is 11.1. The minimum Gasteiger partial charge on any atom is -0.481 e. The molecule has 0 aromatic carbocycles. The number of nitrogens with one attached hydrogen (secondary N) is 2. The van der Waals surface area contributed by atoms with Gasteiger partial charge in [-0.05, 0) is 61.1 Å². The van der Waals surface area contributed by atoms with Gasteiger partial charge >= 0.3 is 11.9 Å². The molecule has 9 N–H and O–H groups in total. The van der Waals surface area contributed by atoms with E-state index in [4.69, 9.17) is 15.9 Å². The largest absolute Gasteiger partial charge is 0.481 e. The monoisotopic (exact) mass is 575 g/mol. The lowest BCUT2D eigenvalue weighted by atomic mass is 9.90. The number of aliphatic carboxylic acids is 2. The van der Waals surface area contributed by atoms with Gasteiger partial charge in [-0.1, -0.05) is 42.5 Å². The Bertz CT molecular complexity index is 1100. The Morgan fingerprint density at radius 3 is 2.52 bits per heavy atom. The average Bonchev–Trinajstić information content (AvgIpc) is 3.29. The third-order valence-corrected chi connectivity index (χ3v) is 8.20. The molecule has 3 rings (SSSR count). The maximum Gasteiger partial charge on any atom is 0.305 e. The van der Waals surface area contributed by atoms with Crippen LogP contribution in [-0.4, -0.2) is 68.2 Å². The summed E-state index contributed by atoms with van der Waals surface area (Å²) >= 11 is 1.77. The molecule has 0 aliphatic heterocycles. The first-order valence-corrected chi connectivity index (χ1v) is 14.6. The van der Waals surface area contributed by atoms with E-state index >= 15 is 0 Å². The van der Waals surface area contributed by atoms with Crippen LogP contribution in [0.5, 0.6) is 0 Å². The first-order valence-electron chi connectivity index (χ1n) is 13.7. The Kier molecular flexibility index (Phi) is 12.7. The van der Waals surface area contributed by atoms with Crippen molar-refractivity contribution in [3.05, 3.63) is 70.0 Å². The molecule has 1 aromatic heterocycles. The number of carboxylic acids is 2. The van der Waals surface area contributed by atoms with E-state index in [1.54, 1.807) is 11.3 Å². The number of hydrogen-bond acceptors (Lipinski definition) is 9. The van der Waals surface area contributed by atoms with Crippen molar-refractivity contribution in [2.45, 2.75) is 94.0 Å². The van der Waals surface area contributed by atoms with Crippen molar-refractivity contribution in [3.8, 4) is 0 Å². The summed E-state index contributed by atoms with van der Waals surface area (Å²) in [6.07, 6.45) is 14.3. The molecule has 40 heavy (non-hydrogen) atoms. The summed E-state index contributed by atoms with van der Waals surface area (Å²) in [5.74, 6) is -1.65. The van der Waals surface area contributed by atoms with Crippen LogP contribution < -0.4 is 16.4 Å². The fourth-order valence-electron chi connectivity index (χ4n) is 4.88. The second-order valence-electron chi connectivity index (χ2n) is 10.3. The summed E-state index contributed by atoms with van der Waals surface area (Å²) in [7, 11) is 0. The number of aliphatic hydroxyl groups is 3. The molecular weight excluding hydrogens is 534 g/mol. The van der Waals surface area contributed by atoms with Gasteiger partial charge in [0.1, 0.15) is 18.7 Å². The molecule has 2 aliphatic rings. The Hall–Kier alpha value is -2.64. The van der Waals surface area contributed by atoms with E-state index in [0.717, 1.165) is 12.0 Å². The molecule has 0 fully saturated rings. The summed E-state index contributed by atoms with van der Waals surface area (Å²) in [5.41, 5.74) is 7.80. The summed E-state index contributed by atoms with van der Waals surface area (Å²) in [4.78, 5) is 23.4. The summed E-state index contributed by atoms with van der Waals surface area (Å²) in [5, 5.41) is 56.6. The Morgan fingerprint density at radius 2 is 1.85 bits per heavy atom. The van der Waals surface area contributed by atoms with Crippen molar-refractivity contribution >= 4 is 23.3 Å². The predicted octanol–water partition coefficient (Wildman–Crippen LogP) is 2.66. The lowest BCUT2D eigenvalue weighted by molar-refractivity contribution is -0.138. The molecule has 0 bridgehead atoms. The van der Waals surface area contributed by atoms with E-state index < -0.39 is 49.1 Å². The number of hydrogen-bond donors (Lipinski definition) is 8. The summed E-state index contributed by atoms with van der Waals surface area (Å²) in [6, 6.07) is 0.194. The third kappa shape index (κ3) is 10.4. The summed E-state index contributed by atoms with van der Waals surface area (Å²) in [6.45, 7) is 0. The van der Waals surface area contributed by atoms with E-state index in [1.165, 1.54) is 23.3 Å². The highest BCUT2D eigenvalue weighted by atomic mass is 32.1. The molecule has 7 atom stereocenters. The van der Waals surface area contributed by atoms with Crippen molar-refractivity contribution in [1.82, 2.24) is 10.6 Å². The topological polar surface area (TPSA) is 185 Å². The van der Waals surface area contributed by atoms with Crippen LogP contribution >= 0.6 is 11.3 Å². The van der Waals surface area contributed by atoms with Gasteiger partial charge in [0.15, 0.2) is 0 Å². The molecule has 2 aliphatic carbocycles. The van der Waals surface area contributed by atoms with Gasteiger partial charge in [-0.3, -0.25) is 20.2 Å². The van der Waals surface area contributed by atoms with E-state index in [9.17, 15) is 24.9 Å². The number of thiophene rings is 1. The Labute approximate surface area is 238 Å². The molecule has 0 saturated heterocycles. The number of allylic oxidation sites excluding steroid dienone is 8. The standard InChI is InChI=1S/C29H41N3O7S/c30-28(38)23(16-27(36)37)32-29(39)22(12-14-26(34)35)31-25(33)13-10-18-5-4-8-20(11-9-18)24-15-21(17-40-24)19-6-2-1-3-7-19/h2,4-6,8-9,11,15,17,19-20,22-23,25,28-29,31-33,38-39H,1,3,7,10,12-14,16,30H2,(H,34,35)(H,36,37). The van der Waals surface area contributed by atoms with Gasteiger partial charge in [-0.15, -0.1) is 11.3 Å². The second-order valence-corrected chi connectivity index (χ2v) is 11.3. The molecular formula is C29H41N3O7S. The van der Waals surface area contributed by atoms with Gasteiger partial charge in [0.25, 0.3) is 0 Å². The fourth-order valence-corrected chi connectivity index (χ4v) is 5.91.